The Balaban J connectivity index is 3.28. The van der Waals surface area contributed by atoms with E-state index in [4.69, 9.17) is 0 Å². The normalized spacial score (nSPS) is 10.1. The van der Waals surface area contributed by atoms with Gasteiger partial charge in [-0.3, -0.25) is 4.79 Å². The van der Waals surface area contributed by atoms with Crippen molar-refractivity contribution in [2.75, 3.05) is 5.33 Å². The molecule has 13 heavy (non-hydrogen) atoms. The van der Waals surface area contributed by atoms with Crippen LogP contribution in [0.4, 0.5) is 4.39 Å². The van der Waals surface area contributed by atoms with Crippen molar-refractivity contribution in [2.24, 2.45) is 0 Å². The number of halogens is 2. The molecule has 0 amide bonds. The van der Waals surface area contributed by atoms with E-state index in [1.807, 2.05) is 0 Å². The number of phenolic OH excluding ortho intramolecular Hbond substituents is 1. The maximum Gasteiger partial charge on any atom is 0.177 e. The lowest BCUT2D eigenvalue weighted by Crippen LogP contribution is -2.03. The van der Waals surface area contributed by atoms with Gasteiger partial charge in [-0.25, -0.2) is 4.39 Å². The van der Waals surface area contributed by atoms with E-state index < -0.39 is 5.82 Å². The number of carbonyl (C=O) groups is 1. The van der Waals surface area contributed by atoms with Crippen molar-refractivity contribution in [2.45, 2.75) is 6.92 Å². The Morgan fingerprint density at radius 1 is 1.62 bits per heavy atom. The molecule has 0 aliphatic rings. The summed E-state index contributed by atoms with van der Waals surface area (Å²) in [5, 5.41) is 9.41. The van der Waals surface area contributed by atoms with Gasteiger partial charge < -0.3 is 5.11 Å². The number of aromatic hydroxyl groups is 1. The fourth-order valence-electron chi connectivity index (χ4n) is 1.16. The Kier molecular flexibility index (Phi) is 3.03. The van der Waals surface area contributed by atoms with Crippen LogP contribution >= 0.6 is 15.9 Å². The second-order valence-corrected chi connectivity index (χ2v) is 3.23. The summed E-state index contributed by atoms with van der Waals surface area (Å²) < 4.78 is 12.7. The molecule has 0 heterocycles. The van der Waals surface area contributed by atoms with Gasteiger partial charge in [0.15, 0.2) is 5.78 Å². The third-order valence-electron chi connectivity index (χ3n) is 1.68. The summed E-state index contributed by atoms with van der Waals surface area (Å²) in [4.78, 5) is 11.2. The van der Waals surface area contributed by atoms with Gasteiger partial charge in [0.1, 0.15) is 11.6 Å². The summed E-state index contributed by atoms with van der Waals surface area (Å²) in [6.45, 7) is 1.58. The van der Waals surface area contributed by atoms with E-state index in [2.05, 4.69) is 15.9 Å². The summed E-state index contributed by atoms with van der Waals surface area (Å²) in [5.41, 5.74) is 0.625. The second-order valence-electron chi connectivity index (χ2n) is 2.67. The second kappa shape index (κ2) is 3.87. The molecule has 1 aromatic carbocycles. The van der Waals surface area contributed by atoms with E-state index in [9.17, 15) is 14.3 Å². The SMILES string of the molecule is Cc1cc(F)cc(O)c1C(=O)CBr. The van der Waals surface area contributed by atoms with Gasteiger partial charge in [-0.2, -0.15) is 0 Å². The highest BCUT2D eigenvalue weighted by Gasteiger charge is 2.13. The Bertz CT molecular complexity index is 326. The van der Waals surface area contributed by atoms with Gasteiger partial charge in [-0.05, 0) is 18.6 Å². The van der Waals surface area contributed by atoms with E-state index >= 15 is 0 Å². The first-order chi connectivity index (χ1) is 6.06. The van der Waals surface area contributed by atoms with Crippen molar-refractivity contribution in [1.82, 2.24) is 0 Å². The summed E-state index contributed by atoms with van der Waals surface area (Å²) >= 11 is 2.98. The fraction of sp³-hybridized carbons (Fsp3) is 0.222. The van der Waals surface area contributed by atoms with E-state index in [-0.39, 0.29) is 22.4 Å². The number of aryl methyl sites for hydroxylation is 1. The van der Waals surface area contributed by atoms with Gasteiger partial charge in [-0.15, -0.1) is 0 Å². The molecule has 0 atom stereocenters. The molecule has 0 aliphatic carbocycles. The van der Waals surface area contributed by atoms with E-state index in [1.165, 1.54) is 6.07 Å². The highest BCUT2D eigenvalue weighted by molar-refractivity contribution is 9.09. The third-order valence-corrected chi connectivity index (χ3v) is 2.19. The zero-order valence-corrected chi connectivity index (χ0v) is 8.56. The molecule has 0 spiro atoms. The van der Waals surface area contributed by atoms with Crippen LogP contribution in [0.25, 0.3) is 0 Å². The minimum absolute atomic E-state index is 0.118. The summed E-state index contributed by atoms with van der Waals surface area (Å²) in [7, 11) is 0. The monoisotopic (exact) mass is 246 g/mol. The number of benzene rings is 1. The molecule has 0 radical (unpaired) electrons. The molecule has 0 aliphatic heterocycles. The number of hydrogen-bond donors (Lipinski definition) is 1. The van der Waals surface area contributed by atoms with Crippen LogP contribution in [0.5, 0.6) is 5.75 Å². The highest BCUT2D eigenvalue weighted by atomic mass is 79.9. The predicted molar refractivity (Wildman–Crippen MR) is 50.9 cm³/mol. The van der Waals surface area contributed by atoms with Crippen LogP contribution in [0.1, 0.15) is 15.9 Å². The molecule has 1 aromatic rings. The minimum Gasteiger partial charge on any atom is -0.507 e. The largest absolute Gasteiger partial charge is 0.507 e. The van der Waals surface area contributed by atoms with Gasteiger partial charge in [-0.1, -0.05) is 15.9 Å². The number of Topliss-reactive ketones (excluding diaryl/α,β-unsaturated/α-hetero) is 1. The van der Waals surface area contributed by atoms with Crippen LogP contribution < -0.4 is 0 Å². The molecule has 4 heteroatoms. The number of rotatable bonds is 2. The topological polar surface area (TPSA) is 37.3 Å². The van der Waals surface area contributed by atoms with Crippen molar-refractivity contribution in [3.05, 3.63) is 29.1 Å². The van der Waals surface area contributed by atoms with Gasteiger partial charge in [0.25, 0.3) is 0 Å². The van der Waals surface area contributed by atoms with Crippen molar-refractivity contribution in [1.29, 1.82) is 0 Å². The lowest BCUT2D eigenvalue weighted by atomic mass is 10.0. The number of alkyl halides is 1. The number of hydrogen-bond acceptors (Lipinski definition) is 2. The number of phenols is 1. The van der Waals surface area contributed by atoms with Gasteiger partial charge >= 0.3 is 0 Å². The molecule has 0 unspecified atom stereocenters. The molecular weight excluding hydrogens is 239 g/mol. The molecule has 0 bridgehead atoms. The Labute approximate surface area is 83.5 Å². The first kappa shape index (κ1) is 10.2. The Morgan fingerprint density at radius 3 is 2.69 bits per heavy atom. The Hall–Kier alpha value is -0.900. The molecule has 0 saturated heterocycles. The number of carbonyl (C=O) groups excluding carboxylic acids is 1. The molecular formula is C9H8BrFO2. The molecule has 70 valence electrons. The lowest BCUT2D eigenvalue weighted by Gasteiger charge is -2.05. The predicted octanol–water partition coefficient (Wildman–Crippen LogP) is 2.42. The average Bonchev–Trinajstić information content (AvgIpc) is 2.02. The summed E-state index contributed by atoms with van der Waals surface area (Å²) in [6.07, 6.45) is 0. The zero-order valence-electron chi connectivity index (χ0n) is 6.97. The van der Waals surface area contributed by atoms with E-state index in [1.54, 1.807) is 6.92 Å². The average molecular weight is 247 g/mol. The van der Waals surface area contributed by atoms with Crippen molar-refractivity contribution in [3.63, 3.8) is 0 Å². The molecule has 0 fully saturated rings. The van der Waals surface area contributed by atoms with Gasteiger partial charge in [0, 0.05) is 6.07 Å². The van der Waals surface area contributed by atoms with Crippen LogP contribution in [-0.2, 0) is 0 Å². The Morgan fingerprint density at radius 2 is 2.23 bits per heavy atom. The summed E-state index contributed by atoms with van der Waals surface area (Å²) in [6, 6.07) is 2.15. The highest BCUT2D eigenvalue weighted by Crippen LogP contribution is 2.23. The van der Waals surface area contributed by atoms with Crippen LogP contribution in [0, 0.1) is 12.7 Å². The van der Waals surface area contributed by atoms with Gasteiger partial charge in [0.2, 0.25) is 0 Å². The number of ketones is 1. The lowest BCUT2D eigenvalue weighted by molar-refractivity contribution is 0.102. The molecule has 0 saturated carbocycles. The first-order valence-electron chi connectivity index (χ1n) is 3.64. The molecule has 1 N–H and O–H groups in total. The fourth-order valence-corrected chi connectivity index (χ4v) is 1.44. The standard InChI is InChI=1S/C9H8BrFO2/c1-5-2-6(11)3-7(12)9(5)8(13)4-10/h2-3,12H,4H2,1H3. The zero-order chi connectivity index (χ0) is 10.0. The smallest absolute Gasteiger partial charge is 0.177 e. The van der Waals surface area contributed by atoms with Crippen molar-refractivity contribution < 1.29 is 14.3 Å². The molecule has 0 aromatic heterocycles. The van der Waals surface area contributed by atoms with Gasteiger partial charge in [0.05, 0.1) is 10.9 Å². The third kappa shape index (κ3) is 2.06. The van der Waals surface area contributed by atoms with Crippen LogP contribution in [0.2, 0.25) is 0 Å². The van der Waals surface area contributed by atoms with Crippen LogP contribution in [0.3, 0.4) is 0 Å². The quantitative estimate of drug-likeness (QED) is 0.643. The van der Waals surface area contributed by atoms with Crippen LogP contribution in [0.15, 0.2) is 12.1 Å². The van der Waals surface area contributed by atoms with Crippen molar-refractivity contribution >= 4 is 21.7 Å². The maximum atomic E-state index is 12.7. The van der Waals surface area contributed by atoms with Crippen LogP contribution in [-0.4, -0.2) is 16.2 Å². The first-order valence-corrected chi connectivity index (χ1v) is 4.76. The molecule has 1 rings (SSSR count). The van der Waals surface area contributed by atoms with E-state index in [0.29, 0.717) is 5.56 Å². The van der Waals surface area contributed by atoms with E-state index in [0.717, 1.165) is 6.07 Å². The van der Waals surface area contributed by atoms with Crippen molar-refractivity contribution in [3.8, 4) is 5.75 Å². The maximum absolute atomic E-state index is 12.7. The summed E-state index contributed by atoms with van der Waals surface area (Å²) in [5.74, 6) is -1.10. The minimum atomic E-state index is -0.541. The molecule has 2 nitrogen and oxygen atoms in total.